The van der Waals surface area contributed by atoms with Crippen LogP contribution in [0, 0.1) is 36.7 Å². The SMILES string of the molecule is CCC(C)(CC)C(=O)/C=C(\O)C(C)(CC)CC.Cc1cc2c(-c3ccc4c(C)c(CC(C)C)oc4c3)cc(-c3[c-]c4ccccc4c(C(C)(C)C)c3)nc2o1.[Ir]. The molecular weight excluding hydrogens is 871 g/mol. The Labute approximate surface area is 348 Å². The van der Waals surface area contributed by atoms with Crippen molar-refractivity contribution in [3.8, 4) is 22.4 Å². The number of benzene rings is 3. The quantitative estimate of drug-likeness (QED) is 0.0796. The van der Waals surface area contributed by atoms with Crippen LogP contribution < -0.4 is 0 Å². The number of aromatic nitrogens is 1. The molecule has 6 aromatic rings. The number of allylic oxidation sites excluding steroid dienone is 2. The standard InChI is InChI=1S/C35H34NO2.C15H28O2.Ir/c1-20(2)14-32-22(4)26-13-12-24(18-33(26)38-32)28-19-31(36-34-29(28)15-21(3)37-34)25-16-23-10-8-9-11-27(23)30(17-25)35(5,6)7;1-7-14(5,8-2)12(16)11-13(17)15(6,9-3)10-4;/h8-13,15,17-20H,14H2,1-7H3;11,16H,7-10H2,1-6H3;/q-1;;/b;12-11-;. The fourth-order valence-corrected chi connectivity index (χ4v) is 7.19. The maximum absolute atomic E-state index is 12.2. The largest absolute Gasteiger partial charge is 0.512 e. The summed E-state index contributed by atoms with van der Waals surface area (Å²) in [7, 11) is 0. The Kier molecular flexibility index (Phi) is 14.1. The van der Waals surface area contributed by atoms with Crippen molar-refractivity contribution in [1.82, 2.24) is 4.98 Å². The van der Waals surface area contributed by atoms with E-state index in [0.717, 1.165) is 82.4 Å². The zero-order valence-electron chi connectivity index (χ0n) is 35.9. The van der Waals surface area contributed by atoms with E-state index in [1.165, 1.54) is 28.0 Å². The number of hydrogen-bond acceptors (Lipinski definition) is 5. The van der Waals surface area contributed by atoms with Crippen molar-refractivity contribution in [2.45, 2.75) is 128 Å². The van der Waals surface area contributed by atoms with Crippen LogP contribution in [0.25, 0.3) is 55.2 Å². The summed E-state index contributed by atoms with van der Waals surface area (Å²) in [5, 5.41) is 14.6. The van der Waals surface area contributed by atoms with E-state index in [1.54, 1.807) is 0 Å². The average Bonchev–Trinajstić information content (AvgIpc) is 3.69. The number of aryl methyl sites for hydroxylation is 2. The predicted octanol–water partition coefficient (Wildman–Crippen LogP) is 14.6. The molecule has 0 saturated carbocycles. The van der Waals surface area contributed by atoms with Crippen LogP contribution >= 0.6 is 0 Å². The van der Waals surface area contributed by atoms with E-state index in [4.69, 9.17) is 13.8 Å². The van der Waals surface area contributed by atoms with Crippen molar-refractivity contribution in [3.05, 3.63) is 101 Å². The monoisotopic (exact) mass is 933 g/mol. The molecule has 6 rings (SSSR count). The topological polar surface area (TPSA) is 76.5 Å². The molecule has 0 aliphatic rings. The second-order valence-electron chi connectivity index (χ2n) is 17.4. The number of nitrogens with zero attached hydrogens (tertiary/aromatic N) is 1. The van der Waals surface area contributed by atoms with Gasteiger partial charge in [-0.1, -0.05) is 124 Å². The minimum absolute atomic E-state index is 0. The number of carbonyl (C=O) groups is 1. The first-order chi connectivity index (χ1) is 25.9. The molecule has 0 fully saturated rings. The zero-order valence-corrected chi connectivity index (χ0v) is 38.3. The minimum atomic E-state index is -0.337. The molecular formula is C50H62IrNO4-. The van der Waals surface area contributed by atoms with Crippen LogP contribution in [0.1, 0.15) is 124 Å². The number of aliphatic hydroxyl groups excluding tert-OH is 1. The molecule has 0 saturated heterocycles. The van der Waals surface area contributed by atoms with Crippen molar-refractivity contribution >= 4 is 38.6 Å². The van der Waals surface area contributed by atoms with Gasteiger partial charge in [0.25, 0.3) is 0 Å². The molecule has 0 aliphatic carbocycles. The molecule has 6 heteroatoms. The summed E-state index contributed by atoms with van der Waals surface area (Å²) in [6, 6.07) is 25.2. The minimum Gasteiger partial charge on any atom is -0.512 e. The van der Waals surface area contributed by atoms with Gasteiger partial charge in [-0.2, -0.15) is 0 Å². The summed E-state index contributed by atoms with van der Waals surface area (Å²) in [4.78, 5) is 17.2. The molecule has 1 N–H and O–H groups in total. The fraction of sp³-hybridized carbons (Fsp3) is 0.440. The predicted molar refractivity (Wildman–Crippen MR) is 231 cm³/mol. The molecule has 3 heterocycles. The van der Waals surface area contributed by atoms with Crippen LogP contribution in [-0.4, -0.2) is 15.9 Å². The molecule has 3 aromatic carbocycles. The molecule has 0 amide bonds. The Morgan fingerprint density at radius 1 is 0.821 bits per heavy atom. The van der Waals surface area contributed by atoms with Crippen LogP contribution in [0.3, 0.4) is 0 Å². The van der Waals surface area contributed by atoms with E-state index in [-0.39, 0.29) is 47.9 Å². The average molecular weight is 933 g/mol. The zero-order chi connectivity index (χ0) is 40.5. The normalized spacial score (nSPS) is 12.6. The fourth-order valence-electron chi connectivity index (χ4n) is 7.19. The van der Waals surface area contributed by atoms with Gasteiger partial charge in [-0.05, 0) is 79.7 Å². The van der Waals surface area contributed by atoms with Gasteiger partial charge in [0, 0.05) is 59.9 Å². The summed E-state index contributed by atoms with van der Waals surface area (Å²) in [5.41, 5.74) is 7.47. The van der Waals surface area contributed by atoms with Gasteiger partial charge < -0.3 is 13.9 Å². The smallest absolute Gasteiger partial charge is 0.219 e. The summed E-state index contributed by atoms with van der Waals surface area (Å²) >= 11 is 0. The van der Waals surface area contributed by atoms with Gasteiger partial charge >= 0.3 is 0 Å². The van der Waals surface area contributed by atoms with Gasteiger partial charge in [0.05, 0.1) is 0 Å². The molecule has 0 unspecified atom stereocenters. The van der Waals surface area contributed by atoms with Gasteiger partial charge in [-0.3, -0.25) is 9.78 Å². The summed E-state index contributed by atoms with van der Waals surface area (Å²) < 4.78 is 12.4. The van der Waals surface area contributed by atoms with Crippen LogP contribution in [0.4, 0.5) is 0 Å². The molecule has 0 aliphatic heterocycles. The Hall–Kier alpha value is -3.99. The van der Waals surface area contributed by atoms with E-state index >= 15 is 0 Å². The Morgan fingerprint density at radius 2 is 1.46 bits per heavy atom. The van der Waals surface area contributed by atoms with Crippen LogP contribution in [0.2, 0.25) is 0 Å². The van der Waals surface area contributed by atoms with E-state index in [2.05, 4.69) is 108 Å². The van der Waals surface area contributed by atoms with Crippen molar-refractivity contribution in [1.29, 1.82) is 0 Å². The van der Waals surface area contributed by atoms with Crippen molar-refractivity contribution in [2.75, 3.05) is 0 Å². The van der Waals surface area contributed by atoms with Gasteiger partial charge in [-0.25, -0.2) is 0 Å². The van der Waals surface area contributed by atoms with Crippen molar-refractivity contribution in [2.24, 2.45) is 16.7 Å². The van der Waals surface area contributed by atoms with Gasteiger partial charge in [0.15, 0.2) is 5.78 Å². The second kappa shape index (κ2) is 17.7. The first kappa shape index (κ1) is 44.7. The van der Waals surface area contributed by atoms with Gasteiger partial charge in [0.2, 0.25) is 5.71 Å². The Balaban J connectivity index is 0.000000330. The molecule has 0 atom stereocenters. The van der Waals surface area contributed by atoms with Crippen molar-refractivity contribution < 1.29 is 38.8 Å². The summed E-state index contributed by atoms with van der Waals surface area (Å²) in [6.45, 7) is 27.4. The maximum atomic E-state index is 12.2. The molecule has 3 aromatic heterocycles. The van der Waals surface area contributed by atoms with E-state index in [9.17, 15) is 9.90 Å². The molecule has 1 radical (unpaired) electrons. The molecule has 301 valence electrons. The van der Waals surface area contributed by atoms with Gasteiger partial charge in [-0.15, -0.1) is 29.1 Å². The van der Waals surface area contributed by atoms with E-state index in [0.29, 0.717) is 11.6 Å². The number of rotatable bonds is 11. The van der Waals surface area contributed by atoms with Crippen molar-refractivity contribution in [3.63, 3.8) is 0 Å². The first-order valence-electron chi connectivity index (χ1n) is 20.2. The van der Waals surface area contributed by atoms with E-state index < -0.39 is 0 Å². The van der Waals surface area contributed by atoms with Crippen LogP contribution in [0.15, 0.2) is 81.3 Å². The Bertz CT molecular complexity index is 2340. The third-order valence-electron chi connectivity index (χ3n) is 12.0. The van der Waals surface area contributed by atoms with Gasteiger partial charge in [0.1, 0.15) is 22.9 Å². The number of aliphatic hydroxyl groups is 1. The van der Waals surface area contributed by atoms with Crippen LogP contribution in [-0.2, 0) is 36.7 Å². The summed E-state index contributed by atoms with van der Waals surface area (Å²) in [5.74, 6) is 2.75. The second-order valence-corrected chi connectivity index (χ2v) is 17.4. The molecule has 0 bridgehead atoms. The number of carbonyl (C=O) groups excluding carboxylic acids is 1. The third kappa shape index (κ3) is 9.24. The number of fused-ring (bicyclic) bond motifs is 3. The maximum Gasteiger partial charge on any atom is 0.219 e. The Morgan fingerprint density at radius 3 is 2.07 bits per heavy atom. The number of furan rings is 2. The molecule has 56 heavy (non-hydrogen) atoms. The number of ketones is 1. The number of hydrogen-bond donors (Lipinski definition) is 1. The molecule has 0 spiro atoms. The third-order valence-corrected chi connectivity index (χ3v) is 12.0. The molecule has 5 nitrogen and oxygen atoms in total. The van der Waals surface area contributed by atoms with E-state index in [1.807, 2.05) is 48.5 Å². The summed E-state index contributed by atoms with van der Waals surface area (Å²) in [6.07, 6.45) is 5.69. The number of pyridine rings is 1. The van der Waals surface area contributed by atoms with Crippen LogP contribution in [0.5, 0.6) is 0 Å². The first-order valence-corrected chi connectivity index (χ1v) is 20.2.